The number of nitrogens with one attached hydrogen (secondary N) is 1. The van der Waals surface area contributed by atoms with E-state index in [-0.39, 0.29) is 23.1 Å². The van der Waals surface area contributed by atoms with E-state index in [9.17, 15) is 4.79 Å². The fourth-order valence-electron chi connectivity index (χ4n) is 0.541. The molecule has 1 aromatic heterocycles. The summed E-state index contributed by atoms with van der Waals surface area (Å²) in [6.45, 7) is 2.14. The van der Waals surface area contributed by atoms with E-state index < -0.39 is 5.91 Å². The van der Waals surface area contributed by atoms with Crippen molar-refractivity contribution >= 4 is 34.8 Å². The second-order valence-electron chi connectivity index (χ2n) is 1.85. The standard InChI is InChI=1S/C5H8N4O2S.ClH/c1-2-11-8-5(10)3-4(6)12-9-7-3;/h2,6H2,1H3,(H,8,10);1H. The summed E-state index contributed by atoms with van der Waals surface area (Å²) in [5.41, 5.74) is 7.66. The number of hydrogen-bond donors (Lipinski definition) is 2. The summed E-state index contributed by atoms with van der Waals surface area (Å²) in [4.78, 5) is 15.7. The van der Waals surface area contributed by atoms with E-state index >= 15 is 0 Å². The number of rotatable bonds is 3. The predicted octanol–water partition coefficient (Wildman–Crippen LogP) is 0.223. The van der Waals surface area contributed by atoms with Crippen molar-refractivity contribution in [3.05, 3.63) is 5.69 Å². The lowest BCUT2D eigenvalue weighted by atomic mass is 10.4. The highest BCUT2D eigenvalue weighted by molar-refractivity contribution is 7.10. The summed E-state index contributed by atoms with van der Waals surface area (Å²) < 4.78 is 3.50. The molecule has 0 aliphatic rings. The summed E-state index contributed by atoms with van der Waals surface area (Å²) in [5.74, 6) is -0.469. The second kappa shape index (κ2) is 5.68. The van der Waals surface area contributed by atoms with Gasteiger partial charge in [0.1, 0.15) is 5.00 Å². The molecule has 0 aliphatic carbocycles. The van der Waals surface area contributed by atoms with Crippen LogP contribution < -0.4 is 11.2 Å². The number of carbonyl (C=O) groups is 1. The average Bonchev–Trinajstić information content (AvgIpc) is 2.47. The molecule has 1 amide bonds. The molecular weight excluding hydrogens is 216 g/mol. The van der Waals surface area contributed by atoms with E-state index in [0.29, 0.717) is 6.61 Å². The molecule has 13 heavy (non-hydrogen) atoms. The number of amides is 1. The molecule has 0 saturated heterocycles. The minimum Gasteiger partial charge on any atom is -0.387 e. The highest BCUT2D eigenvalue weighted by Crippen LogP contribution is 2.11. The smallest absolute Gasteiger partial charge is 0.298 e. The Morgan fingerprint density at radius 3 is 2.92 bits per heavy atom. The molecule has 0 aromatic carbocycles. The third-order valence-electron chi connectivity index (χ3n) is 1.04. The van der Waals surface area contributed by atoms with E-state index in [1.54, 1.807) is 6.92 Å². The topological polar surface area (TPSA) is 90.1 Å². The highest BCUT2D eigenvalue weighted by atomic mass is 35.5. The Hall–Kier alpha value is -0.920. The molecule has 0 bridgehead atoms. The van der Waals surface area contributed by atoms with Crippen LogP contribution in [0.3, 0.4) is 0 Å². The van der Waals surface area contributed by atoms with Gasteiger partial charge in [0.25, 0.3) is 5.91 Å². The quantitative estimate of drug-likeness (QED) is 0.717. The number of anilines is 1. The molecular formula is C5H9ClN4O2S. The molecule has 6 nitrogen and oxygen atoms in total. The third kappa shape index (κ3) is 3.13. The normalized spacial score (nSPS) is 9.00. The molecule has 8 heteroatoms. The molecule has 0 fully saturated rings. The van der Waals surface area contributed by atoms with Crippen LogP contribution in [-0.4, -0.2) is 22.1 Å². The van der Waals surface area contributed by atoms with Crippen molar-refractivity contribution in [2.45, 2.75) is 6.92 Å². The monoisotopic (exact) mass is 224 g/mol. The second-order valence-corrected chi connectivity index (χ2v) is 2.64. The van der Waals surface area contributed by atoms with Crippen molar-refractivity contribution in [1.82, 2.24) is 15.1 Å². The van der Waals surface area contributed by atoms with Crippen molar-refractivity contribution in [1.29, 1.82) is 0 Å². The zero-order valence-corrected chi connectivity index (χ0v) is 8.44. The Balaban J connectivity index is 0.00000144. The van der Waals surface area contributed by atoms with Crippen molar-refractivity contribution in [3.63, 3.8) is 0 Å². The molecule has 0 saturated carbocycles. The van der Waals surface area contributed by atoms with E-state index in [2.05, 4.69) is 19.9 Å². The van der Waals surface area contributed by atoms with Crippen molar-refractivity contribution < 1.29 is 9.63 Å². The Morgan fingerprint density at radius 1 is 1.77 bits per heavy atom. The fraction of sp³-hybridized carbons (Fsp3) is 0.400. The number of nitrogens with two attached hydrogens (primary N) is 1. The maximum absolute atomic E-state index is 11.1. The Labute approximate surface area is 85.0 Å². The van der Waals surface area contributed by atoms with E-state index in [1.165, 1.54) is 0 Å². The van der Waals surface area contributed by atoms with Gasteiger partial charge in [0.15, 0.2) is 5.69 Å². The number of carbonyl (C=O) groups excluding carboxylic acids is 1. The van der Waals surface area contributed by atoms with Gasteiger partial charge in [-0.05, 0) is 6.92 Å². The van der Waals surface area contributed by atoms with Crippen LogP contribution in [0.5, 0.6) is 0 Å². The lowest BCUT2D eigenvalue weighted by Gasteiger charge is -1.99. The largest absolute Gasteiger partial charge is 0.387 e. The van der Waals surface area contributed by atoms with E-state index in [4.69, 9.17) is 5.73 Å². The van der Waals surface area contributed by atoms with Crippen LogP contribution >= 0.6 is 23.9 Å². The van der Waals surface area contributed by atoms with Gasteiger partial charge in [0.2, 0.25) is 0 Å². The van der Waals surface area contributed by atoms with Crippen LogP contribution in [0.2, 0.25) is 0 Å². The first-order valence-electron chi connectivity index (χ1n) is 3.25. The van der Waals surface area contributed by atoms with Gasteiger partial charge in [-0.15, -0.1) is 17.5 Å². The molecule has 0 unspecified atom stereocenters. The number of hydroxylamine groups is 1. The number of nitrogens with zero attached hydrogens (tertiary/aromatic N) is 2. The molecule has 1 heterocycles. The van der Waals surface area contributed by atoms with Crippen LogP contribution in [0.1, 0.15) is 17.4 Å². The van der Waals surface area contributed by atoms with Gasteiger partial charge in [0, 0.05) is 11.5 Å². The molecule has 1 rings (SSSR count). The number of halogens is 1. The lowest BCUT2D eigenvalue weighted by Crippen LogP contribution is -2.24. The summed E-state index contributed by atoms with van der Waals surface area (Å²) >= 11 is 0.966. The van der Waals surface area contributed by atoms with Crippen LogP contribution in [0, 0.1) is 0 Å². The maximum Gasteiger partial charge on any atom is 0.298 e. The molecule has 0 atom stereocenters. The molecule has 3 N–H and O–H groups in total. The summed E-state index contributed by atoms with van der Waals surface area (Å²) in [5, 5.41) is 3.80. The third-order valence-corrected chi connectivity index (χ3v) is 1.59. The highest BCUT2D eigenvalue weighted by Gasteiger charge is 2.13. The average molecular weight is 225 g/mol. The summed E-state index contributed by atoms with van der Waals surface area (Å²) in [6.07, 6.45) is 0. The number of hydrogen-bond acceptors (Lipinski definition) is 6. The molecule has 0 aliphatic heterocycles. The van der Waals surface area contributed by atoms with Gasteiger partial charge >= 0.3 is 0 Å². The zero-order chi connectivity index (χ0) is 8.97. The van der Waals surface area contributed by atoms with Gasteiger partial charge in [-0.3, -0.25) is 9.63 Å². The van der Waals surface area contributed by atoms with Crippen LogP contribution in [0.15, 0.2) is 0 Å². The van der Waals surface area contributed by atoms with Crippen LogP contribution in [0.25, 0.3) is 0 Å². The SMILES string of the molecule is CCONC(=O)c1nnsc1N.Cl. The minimum absolute atomic E-state index is 0. The summed E-state index contributed by atoms with van der Waals surface area (Å²) in [6, 6.07) is 0. The number of nitrogen functional groups attached to an aromatic ring is 1. The van der Waals surface area contributed by atoms with Gasteiger partial charge in [-0.2, -0.15) is 0 Å². The predicted molar refractivity (Wildman–Crippen MR) is 50.7 cm³/mol. The fourth-order valence-corrected chi connectivity index (χ4v) is 0.972. The van der Waals surface area contributed by atoms with Crippen molar-refractivity contribution in [2.75, 3.05) is 12.3 Å². The summed E-state index contributed by atoms with van der Waals surface area (Å²) in [7, 11) is 0. The number of aromatic nitrogens is 2. The molecule has 1 aromatic rings. The molecule has 74 valence electrons. The molecule has 0 spiro atoms. The Kier molecular flexibility index (Phi) is 5.28. The Bertz CT molecular complexity index is 279. The van der Waals surface area contributed by atoms with Crippen molar-refractivity contribution in [2.24, 2.45) is 0 Å². The van der Waals surface area contributed by atoms with Crippen LogP contribution in [-0.2, 0) is 4.84 Å². The first kappa shape index (κ1) is 12.1. The first-order chi connectivity index (χ1) is 5.75. The van der Waals surface area contributed by atoms with Gasteiger partial charge in [-0.1, -0.05) is 4.49 Å². The molecule has 0 radical (unpaired) electrons. The van der Waals surface area contributed by atoms with Gasteiger partial charge in [0.05, 0.1) is 6.61 Å². The van der Waals surface area contributed by atoms with Gasteiger partial charge in [-0.25, -0.2) is 5.48 Å². The van der Waals surface area contributed by atoms with Gasteiger partial charge < -0.3 is 5.73 Å². The minimum atomic E-state index is -0.469. The van der Waals surface area contributed by atoms with E-state index in [1.807, 2.05) is 0 Å². The van der Waals surface area contributed by atoms with E-state index in [0.717, 1.165) is 11.5 Å². The Morgan fingerprint density at radius 2 is 2.46 bits per heavy atom. The van der Waals surface area contributed by atoms with Crippen molar-refractivity contribution in [3.8, 4) is 0 Å². The zero-order valence-electron chi connectivity index (χ0n) is 6.81. The lowest BCUT2D eigenvalue weighted by molar-refractivity contribution is 0.0361. The van der Waals surface area contributed by atoms with Crippen LogP contribution in [0.4, 0.5) is 5.00 Å². The maximum atomic E-state index is 11.1. The first-order valence-corrected chi connectivity index (χ1v) is 4.03.